The van der Waals surface area contributed by atoms with E-state index >= 15 is 0 Å². The minimum absolute atomic E-state index is 0.0112. The van der Waals surface area contributed by atoms with Gasteiger partial charge in [-0.2, -0.15) is 18.4 Å². The first-order valence-electron chi connectivity index (χ1n) is 14.8. The third kappa shape index (κ3) is 7.03. The van der Waals surface area contributed by atoms with Crippen LogP contribution in [0.5, 0.6) is 0 Å². The molecule has 9 heteroatoms. The number of hydrogen-bond donors (Lipinski definition) is 0. The molecule has 1 aromatic heterocycles. The highest BCUT2D eigenvalue weighted by Crippen LogP contribution is 2.35. The molecule has 0 amide bonds. The van der Waals surface area contributed by atoms with Crippen LogP contribution in [-0.2, 0) is 39.2 Å². The van der Waals surface area contributed by atoms with Gasteiger partial charge < -0.3 is 9.80 Å². The maximum absolute atomic E-state index is 13.7. The van der Waals surface area contributed by atoms with E-state index < -0.39 is 11.7 Å². The lowest BCUT2D eigenvalue weighted by molar-refractivity contribution is -0.137. The Bertz CT molecular complexity index is 1380. The molecule has 5 rings (SSSR count). The quantitative estimate of drug-likeness (QED) is 0.275. The highest BCUT2D eigenvalue weighted by atomic mass is 19.4. The van der Waals surface area contributed by atoms with Crippen LogP contribution < -0.4 is 9.80 Å². The van der Waals surface area contributed by atoms with E-state index in [2.05, 4.69) is 34.0 Å². The Morgan fingerprint density at radius 3 is 2.32 bits per heavy atom. The van der Waals surface area contributed by atoms with E-state index in [0.717, 1.165) is 50.0 Å². The van der Waals surface area contributed by atoms with Gasteiger partial charge in [0.1, 0.15) is 6.33 Å². The number of benzene rings is 2. The van der Waals surface area contributed by atoms with Crippen LogP contribution in [0, 0.1) is 17.2 Å². The van der Waals surface area contributed by atoms with Crippen molar-refractivity contribution >= 4 is 11.6 Å². The maximum atomic E-state index is 13.7. The second kappa shape index (κ2) is 12.5. The van der Waals surface area contributed by atoms with Crippen LogP contribution >= 0.6 is 0 Å². The molecule has 6 nitrogen and oxygen atoms in total. The van der Waals surface area contributed by atoms with Crippen LogP contribution in [0.1, 0.15) is 85.3 Å². The minimum Gasteiger partial charge on any atom is -0.371 e. The van der Waals surface area contributed by atoms with Gasteiger partial charge in [0.15, 0.2) is 0 Å². The van der Waals surface area contributed by atoms with E-state index in [4.69, 9.17) is 0 Å². The normalized spacial score (nSPS) is 15.8. The number of nitrogens with zero attached hydrogens (tertiary/aromatic N) is 6. The Labute approximate surface area is 240 Å². The van der Waals surface area contributed by atoms with Crippen molar-refractivity contribution in [1.82, 2.24) is 14.8 Å². The Balaban J connectivity index is 1.53. The molecule has 0 bridgehead atoms. The third-order valence-corrected chi connectivity index (χ3v) is 8.52. The summed E-state index contributed by atoms with van der Waals surface area (Å²) in [7, 11) is 1.78. The zero-order chi connectivity index (χ0) is 29.0. The van der Waals surface area contributed by atoms with Crippen molar-refractivity contribution in [1.29, 1.82) is 5.26 Å². The molecule has 0 atom stereocenters. The average Bonchev–Trinajstić information content (AvgIpc) is 3.41. The predicted molar refractivity (Wildman–Crippen MR) is 155 cm³/mol. The van der Waals surface area contributed by atoms with Crippen LogP contribution in [-0.4, -0.2) is 27.9 Å². The van der Waals surface area contributed by atoms with Crippen LogP contribution in [0.2, 0.25) is 0 Å². The number of nitriles is 1. The van der Waals surface area contributed by atoms with Gasteiger partial charge in [-0.15, -0.1) is 5.10 Å². The van der Waals surface area contributed by atoms with Crippen molar-refractivity contribution < 1.29 is 13.2 Å². The molecule has 1 heterocycles. The van der Waals surface area contributed by atoms with Gasteiger partial charge in [-0.05, 0) is 97.9 Å². The summed E-state index contributed by atoms with van der Waals surface area (Å²) in [4.78, 5) is 8.91. The molecule has 1 saturated carbocycles. The van der Waals surface area contributed by atoms with E-state index in [1.54, 1.807) is 18.1 Å². The summed E-state index contributed by atoms with van der Waals surface area (Å²) in [5.41, 5.74) is 4.70. The fraction of sp³-hybridized carbons (Fsp3) is 0.531. The first-order chi connectivity index (χ1) is 19.7. The van der Waals surface area contributed by atoms with E-state index in [-0.39, 0.29) is 12.1 Å². The molecule has 0 N–H and O–H groups in total. The van der Waals surface area contributed by atoms with Gasteiger partial charge in [-0.25, -0.2) is 4.98 Å². The number of hydrogen-bond acceptors (Lipinski definition) is 5. The monoisotopic (exact) mass is 564 g/mol. The largest absolute Gasteiger partial charge is 0.416 e. The van der Waals surface area contributed by atoms with Crippen molar-refractivity contribution in [3.8, 4) is 6.07 Å². The molecule has 0 unspecified atom stereocenters. The summed E-state index contributed by atoms with van der Waals surface area (Å²) in [5.74, 6) is 1.12. The van der Waals surface area contributed by atoms with Crippen molar-refractivity contribution in [2.24, 2.45) is 13.0 Å². The first kappa shape index (κ1) is 29.0. The van der Waals surface area contributed by atoms with Crippen molar-refractivity contribution in [2.75, 3.05) is 22.9 Å². The summed E-state index contributed by atoms with van der Waals surface area (Å²) in [6.07, 6.45) is 7.97. The Morgan fingerprint density at radius 2 is 1.68 bits per heavy atom. The third-order valence-electron chi connectivity index (χ3n) is 8.52. The average molecular weight is 565 g/mol. The van der Waals surface area contributed by atoms with E-state index in [1.807, 2.05) is 11.0 Å². The molecule has 0 aliphatic heterocycles. The number of aromatic nitrogens is 3. The molecule has 0 spiro atoms. The lowest BCUT2D eigenvalue weighted by atomic mass is 9.87. The van der Waals surface area contributed by atoms with Crippen LogP contribution in [0.15, 0.2) is 36.7 Å². The standard InChI is InChI=1S/C32H39F3N6/c1-3-40(19-23-9-5-4-6-10-23)30-17-27-12-8-7-11-26(27)16-28(30)21-41(31-37-22-39(2)38-31)20-25-13-24(18-36)14-29(15-25)32(33,34)35/h13-17,22-23H,3-12,19-21H2,1-2H3. The summed E-state index contributed by atoms with van der Waals surface area (Å²) in [5, 5.41) is 14.0. The number of fused-ring (bicyclic) bond motifs is 1. The number of alkyl halides is 3. The van der Waals surface area contributed by atoms with Crippen LogP contribution in [0.4, 0.5) is 24.8 Å². The van der Waals surface area contributed by atoms with Gasteiger partial charge >= 0.3 is 6.18 Å². The summed E-state index contributed by atoms with van der Waals surface area (Å²) >= 11 is 0. The van der Waals surface area contributed by atoms with Gasteiger partial charge in [-0.3, -0.25) is 4.68 Å². The van der Waals surface area contributed by atoms with Crippen LogP contribution in [0.25, 0.3) is 0 Å². The summed E-state index contributed by atoms with van der Waals surface area (Å²) in [6.45, 7) is 4.71. The fourth-order valence-corrected chi connectivity index (χ4v) is 6.43. The van der Waals surface area contributed by atoms with E-state index in [0.29, 0.717) is 24.0 Å². The van der Waals surface area contributed by atoms with Gasteiger partial charge in [0.2, 0.25) is 5.95 Å². The van der Waals surface area contributed by atoms with Gasteiger partial charge in [0, 0.05) is 38.9 Å². The van der Waals surface area contributed by atoms with Crippen molar-refractivity contribution in [2.45, 2.75) is 84.0 Å². The molecule has 1 fully saturated rings. The smallest absolute Gasteiger partial charge is 0.371 e. The second-order valence-corrected chi connectivity index (χ2v) is 11.6. The highest BCUT2D eigenvalue weighted by molar-refractivity contribution is 5.59. The zero-order valence-electron chi connectivity index (χ0n) is 24.1. The molecule has 218 valence electrons. The minimum atomic E-state index is -4.54. The fourth-order valence-electron chi connectivity index (χ4n) is 6.43. The molecule has 2 aromatic carbocycles. The lowest BCUT2D eigenvalue weighted by Crippen LogP contribution is -2.33. The molecule has 0 saturated heterocycles. The van der Waals surface area contributed by atoms with Gasteiger partial charge in [-0.1, -0.05) is 25.3 Å². The number of halogens is 3. The summed E-state index contributed by atoms with van der Waals surface area (Å²) < 4.78 is 42.6. The van der Waals surface area contributed by atoms with Gasteiger partial charge in [0.25, 0.3) is 0 Å². The molecule has 2 aliphatic rings. The predicted octanol–water partition coefficient (Wildman–Crippen LogP) is 7.20. The second-order valence-electron chi connectivity index (χ2n) is 11.6. The Hall–Kier alpha value is -3.54. The molecule has 3 aromatic rings. The van der Waals surface area contributed by atoms with Crippen molar-refractivity contribution in [3.63, 3.8) is 0 Å². The topological polar surface area (TPSA) is 61.0 Å². The number of anilines is 2. The highest BCUT2D eigenvalue weighted by Gasteiger charge is 2.32. The van der Waals surface area contributed by atoms with E-state index in [1.165, 1.54) is 61.4 Å². The van der Waals surface area contributed by atoms with Crippen LogP contribution in [0.3, 0.4) is 0 Å². The zero-order valence-corrected chi connectivity index (χ0v) is 24.1. The first-order valence-corrected chi connectivity index (χ1v) is 14.8. The molecule has 0 radical (unpaired) electrons. The van der Waals surface area contributed by atoms with Gasteiger partial charge in [0.05, 0.1) is 17.2 Å². The van der Waals surface area contributed by atoms with Crippen molar-refractivity contribution in [3.05, 3.63) is 70.0 Å². The molecular formula is C32H39F3N6. The SMILES string of the molecule is CCN(CC1CCCCC1)c1cc2c(cc1CN(Cc1cc(C#N)cc(C(F)(F)F)c1)c1ncn(C)n1)CCCC2. The molecule has 2 aliphatic carbocycles. The molecular weight excluding hydrogens is 525 g/mol. The number of aryl methyl sites for hydroxylation is 3. The summed E-state index contributed by atoms with van der Waals surface area (Å²) in [6, 6.07) is 10.1. The Morgan fingerprint density at radius 1 is 0.951 bits per heavy atom. The lowest BCUT2D eigenvalue weighted by Gasteiger charge is -2.34. The Kier molecular flexibility index (Phi) is 8.86. The number of rotatable bonds is 9. The molecule has 41 heavy (non-hydrogen) atoms. The maximum Gasteiger partial charge on any atom is 0.416 e. The van der Waals surface area contributed by atoms with E-state index in [9.17, 15) is 18.4 Å².